The van der Waals surface area contributed by atoms with Gasteiger partial charge < -0.3 is 9.84 Å². The molecule has 0 amide bonds. The molecule has 0 aliphatic carbocycles. The lowest BCUT2D eigenvalue weighted by Gasteiger charge is -2.18. The molecule has 1 N–H and O–H groups in total. The highest BCUT2D eigenvalue weighted by molar-refractivity contribution is 6.17. The van der Waals surface area contributed by atoms with E-state index in [1.807, 2.05) is 104 Å². The highest BCUT2D eigenvalue weighted by atomic mass is 16.5. The van der Waals surface area contributed by atoms with Gasteiger partial charge in [0.2, 0.25) is 0 Å². The zero-order valence-corrected chi connectivity index (χ0v) is 21.6. The van der Waals surface area contributed by atoms with Crippen molar-refractivity contribution in [3.05, 3.63) is 130 Å². The van der Waals surface area contributed by atoms with E-state index in [-0.39, 0.29) is 11.3 Å². The van der Waals surface area contributed by atoms with Crippen molar-refractivity contribution in [2.75, 3.05) is 0 Å². The molecule has 0 aliphatic heterocycles. The number of aromatic nitrogens is 1. The van der Waals surface area contributed by atoms with Gasteiger partial charge in [-0.25, -0.2) is 14.6 Å². The zero-order chi connectivity index (χ0) is 27.1. The predicted octanol–water partition coefficient (Wildman–Crippen LogP) is 7.67. The average molecular weight is 512 g/mol. The minimum absolute atomic E-state index is 0.155. The molecule has 39 heavy (non-hydrogen) atoms. The maximum atomic E-state index is 13.9. The van der Waals surface area contributed by atoms with Crippen LogP contribution in [-0.2, 0) is 6.42 Å². The lowest BCUT2D eigenvalue weighted by Crippen LogP contribution is -2.15. The summed E-state index contributed by atoms with van der Waals surface area (Å²) in [4.78, 5) is 31.1. The van der Waals surface area contributed by atoms with Crippen LogP contribution in [0.2, 0.25) is 0 Å². The molecule has 0 spiro atoms. The van der Waals surface area contributed by atoms with E-state index in [2.05, 4.69) is 0 Å². The maximum absolute atomic E-state index is 13.9. The van der Waals surface area contributed by atoms with E-state index in [0.29, 0.717) is 50.5 Å². The minimum atomic E-state index is -1.05. The van der Waals surface area contributed by atoms with E-state index in [1.54, 1.807) is 6.92 Å². The Kier molecular flexibility index (Phi) is 6.04. The second-order valence-corrected chi connectivity index (χ2v) is 9.76. The zero-order valence-electron chi connectivity index (χ0n) is 21.6. The molecule has 0 saturated carbocycles. The first-order chi connectivity index (χ1) is 18.9. The predicted molar refractivity (Wildman–Crippen MR) is 154 cm³/mol. The van der Waals surface area contributed by atoms with Crippen molar-refractivity contribution in [1.82, 2.24) is 4.98 Å². The number of carbonyl (C=O) groups excluding carboxylic acids is 1. The van der Waals surface area contributed by atoms with E-state index < -0.39 is 11.9 Å². The number of esters is 1. The fraction of sp³-hybridized carbons (Fsp3) is 0.0882. The van der Waals surface area contributed by atoms with E-state index in [1.165, 1.54) is 0 Å². The molecule has 5 heteroatoms. The molecule has 0 unspecified atom stereocenters. The second-order valence-electron chi connectivity index (χ2n) is 9.76. The number of fused-ring (bicyclic) bond motifs is 3. The second kappa shape index (κ2) is 9.69. The van der Waals surface area contributed by atoms with Crippen molar-refractivity contribution >= 4 is 44.5 Å². The molecule has 190 valence electrons. The summed E-state index contributed by atoms with van der Waals surface area (Å²) in [6.07, 6.45) is 0.463. The third kappa shape index (κ3) is 4.38. The largest absolute Gasteiger partial charge is 0.478 e. The van der Waals surface area contributed by atoms with Crippen LogP contribution in [0.1, 0.15) is 43.0 Å². The number of rotatable bonds is 5. The number of aromatic carboxylic acids is 1. The van der Waals surface area contributed by atoms with Gasteiger partial charge in [0.15, 0.2) is 0 Å². The van der Waals surface area contributed by atoms with E-state index in [4.69, 9.17) is 9.72 Å². The Hall–Kier alpha value is -5.03. The summed E-state index contributed by atoms with van der Waals surface area (Å²) in [6, 6.07) is 30.9. The van der Waals surface area contributed by atoms with Gasteiger partial charge in [-0.1, -0.05) is 78.9 Å². The summed E-state index contributed by atoms with van der Waals surface area (Å²) < 4.78 is 6.06. The van der Waals surface area contributed by atoms with E-state index in [9.17, 15) is 14.7 Å². The summed E-state index contributed by atoms with van der Waals surface area (Å²) in [5, 5.41) is 13.5. The molecule has 0 bridgehead atoms. The number of nitrogens with zero attached hydrogens (tertiary/aromatic N) is 1. The van der Waals surface area contributed by atoms with Crippen LogP contribution in [0.25, 0.3) is 32.6 Å². The number of hydrogen-bond donors (Lipinski definition) is 1. The lowest BCUT2D eigenvalue weighted by molar-refractivity contribution is 0.0685. The Bertz CT molecular complexity index is 1920. The molecular formula is C34H25NO4. The molecule has 0 aliphatic rings. The van der Waals surface area contributed by atoms with Crippen molar-refractivity contribution in [3.63, 3.8) is 0 Å². The first kappa shape index (κ1) is 24.3. The van der Waals surface area contributed by atoms with Crippen LogP contribution in [0, 0.1) is 13.8 Å². The monoisotopic (exact) mass is 511 g/mol. The van der Waals surface area contributed by atoms with Crippen molar-refractivity contribution in [2.45, 2.75) is 20.3 Å². The molecule has 0 atom stereocenters. The Labute approximate surface area is 225 Å². The van der Waals surface area contributed by atoms with E-state index >= 15 is 0 Å². The van der Waals surface area contributed by atoms with Crippen LogP contribution in [0.4, 0.5) is 0 Å². The number of pyridine rings is 1. The smallest absolute Gasteiger partial charge is 0.344 e. The molecule has 0 saturated heterocycles. The third-order valence-electron chi connectivity index (χ3n) is 7.18. The van der Waals surface area contributed by atoms with Gasteiger partial charge in [-0.15, -0.1) is 0 Å². The van der Waals surface area contributed by atoms with Crippen LogP contribution in [0.15, 0.2) is 97.1 Å². The molecule has 6 rings (SSSR count). The van der Waals surface area contributed by atoms with Crippen molar-refractivity contribution < 1.29 is 19.4 Å². The van der Waals surface area contributed by atoms with Crippen LogP contribution in [0.3, 0.4) is 0 Å². The number of carboxylic acid groups (broad SMARTS) is 1. The Morgan fingerprint density at radius 2 is 1.41 bits per heavy atom. The topological polar surface area (TPSA) is 76.5 Å². The van der Waals surface area contributed by atoms with Gasteiger partial charge in [-0.3, -0.25) is 0 Å². The number of benzene rings is 5. The fourth-order valence-electron chi connectivity index (χ4n) is 5.40. The van der Waals surface area contributed by atoms with Gasteiger partial charge in [0.05, 0.1) is 22.2 Å². The van der Waals surface area contributed by atoms with E-state index in [0.717, 1.165) is 16.3 Å². The normalized spacial score (nSPS) is 11.2. The molecule has 5 aromatic carbocycles. The van der Waals surface area contributed by atoms with Crippen LogP contribution in [-0.4, -0.2) is 22.0 Å². The number of hydrogen-bond acceptors (Lipinski definition) is 4. The van der Waals surface area contributed by atoms with Gasteiger partial charge in [-0.05, 0) is 65.9 Å². The first-order valence-electron chi connectivity index (χ1n) is 12.7. The maximum Gasteiger partial charge on any atom is 0.344 e. The molecule has 6 aromatic rings. The van der Waals surface area contributed by atoms with Crippen molar-refractivity contribution in [3.8, 4) is 5.75 Å². The summed E-state index contributed by atoms with van der Waals surface area (Å²) in [5.41, 5.74) is 4.75. The molecule has 1 aromatic heterocycles. The lowest BCUT2D eigenvalue weighted by atomic mass is 9.93. The van der Waals surface area contributed by atoms with Crippen LogP contribution in [0.5, 0.6) is 5.75 Å². The molecule has 5 nitrogen and oxygen atoms in total. The number of para-hydroxylation sites is 1. The van der Waals surface area contributed by atoms with Gasteiger partial charge >= 0.3 is 11.9 Å². The highest BCUT2D eigenvalue weighted by Crippen LogP contribution is 2.34. The van der Waals surface area contributed by atoms with Crippen molar-refractivity contribution in [2.24, 2.45) is 0 Å². The molecule has 0 radical (unpaired) electrons. The Balaban J connectivity index is 1.50. The number of aryl methyl sites for hydroxylation is 1. The summed E-state index contributed by atoms with van der Waals surface area (Å²) in [5.74, 6) is -1.33. The van der Waals surface area contributed by atoms with Gasteiger partial charge in [0, 0.05) is 16.3 Å². The third-order valence-corrected chi connectivity index (χ3v) is 7.18. The average Bonchev–Trinajstić information content (AvgIpc) is 2.93. The van der Waals surface area contributed by atoms with Gasteiger partial charge in [-0.2, -0.15) is 0 Å². The fourth-order valence-corrected chi connectivity index (χ4v) is 5.40. The standard InChI is InChI=1S/C34H25NO4/c1-20-16-25(17-22-10-4-3-5-11-22)30(33(36)37)21(2)32(20)39-34(38)31-26-14-8-9-15-28(26)35-29-19-24-13-7-6-12-23(24)18-27(29)31/h3-16,18-19H,17H2,1-2H3,(H,36,37). The molecular weight excluding hydrogens is 486 g/mol. The quantitative estimate of drug-likeness (QED) is 0.146. The minimum Gasteiger partial charge on any atom is -0.478 e. The molecule has 1 heterocycles. The molecule has 0 fully saturated rings. The van der Waals surface area contributed by atoms with Gasteiger partial charge in [0.25, 0.3) is 0 Å². The number of ether oxygens (including phenoxy) is 1. The summed E-state index contributed by atoms with van der Waals surface area (Å²) in [7, 11) is 0. The summed E-state index contributed by atoms with van der Waals surface area (Å²) >= 11 is 0. The van der Waals surface area contributed by atoms with Crippen LogP contribution < -0.4 is 4.74 Å². The SMILES string of the molecule is Cc1cc(Cc2ccccc2)c(C(=O)O)c(C)c1OC(=O)c1c2ccccc2nc2cc3ccccc3cc12. The number of carbonyl (C=O) groups is 2. The number of carboxylic acids is 1. The van der Waals surface area contributed by atoms with Gasteiger partial charge in [0.1, 0.15) is 5.75 Å². The Morgan fingerprint density at radius 1 is 0.744 bits per heavy atom. The highest BCUT2D eigenvalue weighted by Gasteiger charge is 2.24. The Morgan fingerprint density at radius 3 is 2.15 bits per heavy atom. The first-order valence-corrected chi connectivity index (χ1v) is 12.7. The van der Waals surface area contributed by atoms with Crippen LogP contribution >= 0.6 is 0 Å². The van der Waals surface area contributed by atoms with Crippen molar-refractivity contribution in [1.29, 1.82) is 0 Å². The summed E-state index contributed by atoms with van der Waals surface area (Å²) in [6.45, 7) is 3.54.